The van der Waals surface area contributed by atoms with E-state index in [1.54, 1.807) is 49.4 Å². The van der Waals surface area contributed by atoms with Crippen molar-refractivity contribution >= 4 is 66.7 Å². The highest BCUT2D eigenvalue weighted by molar-refractivity contribution is 9.10. The number of benzene rings is 2. The first-order valence-electron chi connectivity index (χ1n) is 10.4. The van der Waals surface area contributed by atoms with Gasteiger partial charge in [-0.1, -0.05) is 51.3 Å². The zero-order valence-electron chi connectivity index (χ0n) is 19.6. The Labute approximate surface area is 219 Å². The number of hydrogen-bond donors (Lipinski definition) is 1. The van der Waals surface area contributed by atoms with E-state index in [2.05, 4.69) is 21.2 Å². The monoisotopic (exact) mass is 591 g/mol. The number of amides is 2. The second-order valence-electron chi connectivity index (χ2n) is 8.93. The zero-order valence-corrected chi connectivity index (χ0v) is 23.5. The lowest BCUT2D eigenvalue weighted by Crippen LogP contribution is -2.54. The standard InChI is InChI=1S/C23H28BrCl2N3O4S/c1-15(22(31)27-23(2,3)4)28(13-16-9-10-19(25)20(26)11-16)21(30)14-29(34(5,32)33)18-8-6-7-17(24)12-18/h6-12,15H,13-14H2,1-5H3,(H,27,31)/t15-/m0/s1. The molecule has 186 valence electrons. The SMILES string of the molecule is C[C@@H](C(=O)NC(C)(C)C)N(Cc1ccc(Cl)c(Cl)c1)C(=O)CN(c1cccc(Br)c1)S(C)(=O)=O. The molecule has 11 heteroatoms. The number of anilines is 1. The third-order valence-corrected chi connectivity index (χ3v) is 7.15. The maximum absolute atomic E-state index is 13.5. The van der Waals surface area contributed by atoms with Crippen LogP contribution in [0, 0.1) is 0 Å². The van der Waals surface area contributed by atoms with Crippen molar-refractivity contribution < 1.29 is 18.0 Å². The van der Waals surface area contributed by atoms with Gasteiger partial charge in [0, 0.05) is 16.6 Å². The van der Waals surface area contributed by atoms with E-state index in [4.69, 9.17) is 23.2 Å². The van der Waals surface area contributed by atoms with Crippen LogP contribution in [0.5, 0.6) is 0 Å². The van der Waals surface area contributed by atoms with Gasteiger partial charge in [-0.25, -0.2) is 8.42 Å². The Morgan fingerprint density at radius 2 is 1.74 bits per heavy atom. The largest absolute Gasteiger partial charge is 0.350 e. The molecule has 1 N–H and O–H groups in total. The molecule has 2 amide bonds. The molecular formula is C23H28BrCl2N3O4S. The summed E-state index contributed by atoms with van der Waals surface area (Å²) in [7, 11) is -3.80. The Kier molecular flexibility index (Phi) is 9.44. The molecule has 0 bridgehead atoms. The van der Waals surface area contributed by atoms with Crippen molar-refractivity contribution in [1.82, 2.24) is 10.2 Å². The van der Waals surface area contributed by atoms with Crippen LogP contribution in [0.25, 0.3) is 0 Å². The molecule has 0 saturated heterocycles. The quantitative estimate of drug-likeness (QED) is 0.474. The predicted molar refractivity (Wildman–Crippen MR) is 141 cm³/mol. The summed E-state index contributed by atoms with van der Waals surface area (Å²) in [6.45, 7) is 6.65. The highest BCUT2D eigenvalue weighted by Crippen LogP contribution is 2.25. The molecule has 2 aromatic rings. The minimum absolute atomic E-state index is 0.0323. The third-order valence-electron chi connectivity index (χ3n) is 4.78. The maximum Gasteiger partial charge on any atom is 0.244 e. The molecule has 0 aliphatic heterocycles. The average molecular weight is 593 g/mol. The van der Waals surface area contributed by atoms with Crippen LogP contribution >= 0.6 is 39.1 Å². The van der Waals surface area contributed by atoms with E-state index < -0.39 is 34.1 Å². The highest BCUT2D eigenvalue weighted by Gasteiger charge is 2.31. The van der Waals surface area contributed by atoms with Gasteiger partial charge in [0.25, 0.3) is 0 Å². The molecule has 2 rings (SSSR count). The van der Waals surface area contributed by atoms with Crippen molar-refractivity contribution in [2.45, 2.75) is 45.8 Å². The van der Waals surface area contributed by atoms with E-state index in [0.717, 1.165) is 10.6 Å². The van der Waals surface area contributed by atoms with Crippen LogP contribution in [0.2, 0.25) is 10.0 Å². The van der Waals surface area contributed by atoms with Gasteiger partial charge >= 0.3 is 0 Å². The van der Waals surface area contributed by atoms with E-state index in [9.17, 15) is 18.0 Å². The summed E-state index contributed by atoms with van der Waals surface area (Å²) >= 11 is 15.5. The van der Waals surface area contributed by atoms with Crippen molar-refractivity contribution in [3.05, 3.63) is 62.5 Å². The lowest BCUT2D eigenvalue weighted by atomic mass is 10.1. The fraction of sp³-hybridized carbons (Fsp3) is 0.391. The first-order valence-corrected chi connectivity index (χ1v) is 13.8. The van der Waals surface area contributed by atoms with Gasteiger partial charge in [-0.3, -0.25) is 13.9 Å². The molecule has 0 saturated carbocycles. The van der Waals surface area contributed by atoms with Gasteiger partial charge in [0.15, 0.2) is 0 Å². The Morgan fingerprint density at radius 3 is 2.26 bits per heavy atom. The normalized spacial score (nSPS) is 12.7. The molecule has 0 radical (unpaired) electrons. The minimum Gasteiger partial charge on any atom is -0.350 e. The molecule has 7 nitrogen and oxygen atoms in total. The molecule has 0 aliphatic rings. The molecule has 0 unspecified atom stereocenters. The number of carbonyl (C=O) groups excluding carboxylic acids is 2. The van der Waals surface area contributed by atoms with E-state index in [-0.39, 0.29) is 12.5 Å². The number of carbonyl (C=O) groups is 2. The van der Waals surface area contributed by atoms with Crippen LogP contribution in [0.3, 0.4) is 0 Å². The molecule has 0 fully saturated rings. The lowest BCUT2D eigenvalue weighted by Gasteiger charge is -2.33. The first-order chi connectivity index (χ1) is 15.6. The van der Waals surface area contributed by atoms with Crippen LogP contribution < -0.4 is 9.62 Å². The van der Waals surface area contributed by atoms with Crippen molar-refractivity contribution in [2.75, 3.05) is 17.1 Å². The van der Waals surface area contributed by atoms with Crippen LogP contribution in [-0.4, -0.2) is 49.5 Å². The maximum atomic E-state index is 13.5. The van der Waals surface area contributed by atoms with Crippen LogP contribution in [0.1, 0.15) is 33.3 Å². The van der Waals surface area contributed by atoms with Crippen molar-refractivity contribution in [1.29, 1.82) is 0 Å². The highest BCUT2D eigenvalue weighted by atomic mass is 79.9. The Hall–Kier alpha value is -1.81. The van der Waals surface area contributed by atoms with Gasteiger partial charge < -0.3 is 10.2 Å². The molecule has 0 aliphatic carbocycles. The second kappa shape index (κ2) is 11.3. The summed E-state index contributed by atoms with van der Waals surface area (Å²) < 4.78 is 26.8. The van der Waals surface area contributed by atoms with Crippen molar-refractivity contribution in [3.63, 3.8) is 0 Å². The van der Waals surface area contributed by atoms with Crippen LogP contribution in [0.15, 0.2) is 46.9 Å². The number of rotatable bonds is 8. The minimum atomic E-state index is -3.80. The third kappa shape index (κ3) is 8.15. The number of hydrogen-bond acceptors (Lipinski definition) is 4. The Bertz CT molecular complexity index is 1170. The number of halogens is 3. The summed E-state index contributed by atoms with van der Waals surface area (Å²) in [5.41, 5.74) is 0.455. The molecule has 34 heavy (non-hydrogen) atoms. The predicted octanol–water partition coefficient (Wildman–Crippen LogP) is 4.85. The zero-order chi connectivity index (χ0) is 25.8. The van der Waals surface area contributed by atoms with Crippen LogP contribution in [0.4, 0.5) is 5.69 Å². The fourth-order valence-electron chi connectivity index (χ4n) is 3.14. The molecular weight excluding hydrogens is 565 g/mol. The van der Waals surface area contributed by atoms with Gasteiger partial charge in [-0.2, -0.15) is 0 Å². The summed E-state index contributed by atoms with van der Waals surface area (Å²) in [6.07, 6.45) is 1.03. The Balaban J connectivity index is 2.43. The molecule has 0 spiro atoms. The smallest absolute Gasteiger partial charge is 0.244 e. The molecule has 0 heterocycles. The van der Waals surface area contributed by atoms with E-state index in [1.165, 1.54) is 4.90 Å². The summed E-state index contributed by atoms with van der Waals surface area (Å²) in [6, 6.07) is 10.7. The number of sulfonamides is 1. The summed E-state index contributed by atoms with van der Waals surface area (Å²) in [5.74, 6) is -0.915. The van der Waals surface area contributed by atoms with E-state index in [0.29, 0.717) is 25.8 Å². The van der Waals surface area contributed by atoms with Gasteiger partial charge in [0.1, 0.15) is 12.6 Å². The molecule has 1 atom stereocenters. The van der Waals surface area contributed by atoms with Gasteiger partial charge in [-0.15, -0.1) is 0 Å². The van der Waals surface area contributed by atoms with Gasteiger partial charge in [0.05, 0.1) is 22.0 Å². The van der Waals surface area contributed by atoms with Gasteiger partial charge in [0.2, 0.25) is 21.8 Å². The fourth-order valence-corrected chi connectivity index (χ4v) is 4.69. The van der Waals surface area contributed by atoms with E-state index in [1.807, 2.05) is 20.8 Å². The van der Waals surface area contributed by atoms with Gasteiger partial charge in [-0.05, 0) is 63.6 Å². The number of nitrogens with zero attached hydrogens (tertiary/aromatic N) is 2. The second-order valence-corrected chi connectivity index (χ2v) is 12.6. The molecule has 0 aromatic heterocycles. The van der Waals surface area contributed by atoms with Crippen molar-refractivity contribution in [2.24, 2.45) is 0 Å². The lowest BCUT2D eigenvalue weighted by molar-refractivity contribution is -0.140. The Morgan fingerprint density at radius 1 is 1.09 bits per heavy atom. The average Bonchev–Trinajstić information content (AvgIpc) is 2.70. The van der Waals surface area contributed by atoms with Crippen molar-refractivity contribution in [3.8, 4) is 0 Å². The number of nitrogens with one attached hydrogen (secondary N) is 1. The summed E-state index contributed by atoms with van der Waals surface area (Å²) in [5, 5.41) is 3.54. The van der Waals surface area contributed by atoms with E-state index >= 15 is 0 Å². The topological polar surface area (TPSA) is 86.8 Å². The summed E-state index contributed by atoms with van der Waals surface area (Å²) in [4.78, 5) is 27.7. The first kappa shape index (κ1) is 28.4. The van der Waals surface area contributed by atoms with Crippen LogP contribution in [-0.2, 0) is 26.2 Å². The molecule has 2 aromatic carbocycles.